The molecule has 0 aliphatic carbocycles. The van der Waals surface area contributed by atoms with Gasteiger partial charge in [0.05, 0.1) is 16.7 Å². The van der Waals surface area contributed by atoms with Crippen LogP contribution in [-0.4, -0.2) is 41.1 Å². The van der Waals surface area contributed by atoms with E-state index in [1.807, 2.05) is 20.8 Å². The number of carbonyl (C=O) groups is 1. The number of hydrogen-bond acceptors (Lipinski definition) is 6. The van der Waals surface area contributed by atoms with Crippen molar-refractivity contribution in [1.29, 1.82) is 0 Å². The first-order valence-corrected chi connectivity index (χ1v) is 10.2. The molecule has 0 radical (unpaired) electrons. The van der Waals surface area contributed by atoms with Crippen molar-refractivity contribution >= 4 is 38.4 Å². The molecule has 2 heterocycles. The standard InChI is InChI=1S/C18H21N5O3S/c1-18(2,3)23-17(24)13-9-19-16-15(13)22-14(10-20-16)21-11-5-7-12(8-6-11)27(4,25)26/h5-10H,1-4H3,(H,19,20)(H,21,22)(H,23,24). The second-order valence-corrected chi connectivity index (χ2v) is 9.30. The highest BCUT2D eigenvalue weighted by Crippen LogP contribution is 2.21. The number of rotatable bonds is 4. The van der Waals surface area contributed by atoms with Crippen LogP contribution in [0.1, 0.15) is 31.1 Å². The number of amides is 1. The van der Waals surface area contributed by atoms with Gasteiger partial charge in [0.1, 0.15) is 11.3 Å². The van der Waals surface area contributed by atoms with Crippen LogP contribution in [0.2, 0.25) is 0 Å². The maximum Gasteiger partial charge on any atom is 0.255 e. The van der Waals surface area contributed by atoms with Gasteiger partial charge in [-0.05, 0) is 45.0 Å². The van der Waals surface area contributed by atoms with Crippen molar-refractivity contribution in [1.82, 2.24) is 20.3 Å². The molecule has 0 fully saturated rings. The van der Waals surface area contributed by atoms with Crippen molar-refractivity contribution in [2.24, 2.45) is 0 Å². The number of fused-ring (bicyclic) bond motifs is 1. The van der Waals surface area contributed by atoms with Gasteiger partial charge in [-0.2, -0.15) is 0 Å². The van der Waals surface area contributed by atoms with Gasteiger partial charge in [0.25, 0.3) is 5.91 Å². The second-order valence-electron chi connectivity index (χ2n) is 7.28. The van der Waals surface area contributed by atoms with Gasteiger partial charge in [0.2, 0.25) is 0 Å². The molecule has 8 nitrogen and oxygen atoms in total. The number of aromatic nitrogens is 3. The van der Waals surface area contributed by atoms with Crippen LogP contribution in [0.25, 0.3) is 11.2 Å². The number of sulfone groups is 1. The monoisotopic (exact) mass is 387 g/mol. The number of nitrogens with zero attached hydrogens (tertiary/aromatic N) is 2. The molecule has 0 aliphatic rings. The highest BCUT2D eigenvalue weighted by atomic mass is 32.2. The summed E-state index contributed by atoms with van der Waals surface area (Å²) in [7, 11) is -3.25. The smallest absolute Gasteiger partial charge is 0.255 e. The first-order chi connectivity index (χ1) is 12.5. The Morgan fingerprint density at radius 2 is 1.81 bits per heavy atom. The molecule has 0 unspecified atom stereocenters. The van der Waals surface area contributed by atoms with Crippen molar-refractivity contribution in [2.45, 2.75) is 31.2 Å². The Bertz CT molecular complexity index is 1100. The molecule has 9 heteroatoms. The minimum absolute atomic E-state index is 0.237. The van der Waals surface area contributed by atoms with E-state index in [2.05, 4.69) is 25.6 Å². The van der Waals surface area contributed by atoms with Gasteiger partial charge in [-0.1, -0.05) is 0 Å². The highest BCUT2D eigenvalue weighted by molar-refractivity contribution is 7.90. The molecular formula is C18H21N5O3S. The van der Waals surface area contributed by atoms with Gasteiger partial charge >= 0.3 is 0 Å². The third-order valence-corrected chi connectivity index (χ3v) is 4.80. The number of anilines is 2. The maximum absolute atomic E-state index is 12.5. The molecule has 0 atom stereocenters. The third-order valence-electron chi connectivity index (χ3n) is 3.67. The lowest BCUT2D eigenvalue weighted by atomic mass is 10.1. The zero-order valence-corrected chi connectivity index (χ0v) is 16.3. The summed E-state index contributed by atoms with van der Waals surface area (Å²) >= 11 is 0. The topological polar surface area (TPSA) is 117 Å². The SMILES string of the molecule is CC(C)(C)NC(=O)c1c[nH]c2ncc(Nc3ccc(S(C)(=O)=O)cc3)nc12. The average molecular weight is 387 g/mol. The number of nitrogens with one attached hydrogen (secondary N) is 3. The van der Waals surface area contributed by atoms with E-state index in [4.69, 9.17) is 0 Å². The summed E-state index contributed by atoms with van der Waals surface area (Å²) in [5.74, 6) is 0.205. The molecule has 0 aliphatic heterocycles. The van der Waals surface area contributed by atoms with Crippen molar-refractivity contribution in [3.05, 3.63) is 42.2 Å². The first kappa shape index (κ1) is 18.8. The average Bonchev–Trinajstić information content (AvgIpc) is 2.96. The second kappa shape index (κ2) is 6.66. The summed E-state index contributed by atoms with van der Waals surface area (Å²) < 4.78 is 23.1. The zero-order valence-electron chi connectivity index (χ0n) is 15.5. The Morgan fingerprint density at radius 1 is 1.15 bits per heavy atom. The molecule has 3 aromatic rings. The lowest BCUT2D eigenvalue weighted by Crippen LogP contribution is -2.40. The van der Waals surface area contributed by atoms with Gasteiger partial charge in [0.15, 0.2) is 15.5 Å². The van der Waals surface area contributed by atoms with Gasteiger partial charge in [-0.15, -0.1) is 0 Å². The van der Waals surface area contributed by atoms with E-state index >= 15 is 0 Å². The fourth-order valence-corrected chi connectivity index (χ4v) is 3.10. The van der Waals surface area contributed by atoms with Gasteiger partial charge in [-0.3, -0.25) is 4.79 Å². The molecule has 27 heavy (non-hydrogen) atoms. The number of carbonyl (C=O) groups excluding carboxylic acids is 1. The predicted octanol–water partition coefficient (Wildman–Crippen LogP) is 2.63. The van der Waals surface area contributed by atoms with Gasteiger partial charge < -0.3 is 15.6 Å². The number of aromatic amines is 1. The summed E-state index contributed by atoms with van der Waals surface area (Å²) in [6, 6.07) is 6.32. The number of hydrogen-bond donors (Lipinski definition) is 3. The zero-order chi connectivity index (χ0) is 19.8. The third kappa shape index (κ3) is 4.43. The Kier molecular flexibility index (Phi) is 4.64. The Hall–Kier alpha value is -2.94. The highest BCUT2D eigenvalue weighted by Gasteiger charge is 2.19. The van der Waals surface area contributed by atoms with Crippen LogP contribution in [0.15, 0.2) is 41.6 Å². The fourth-order valence-electron chi connectivity index (χ4n) is 2.47. The fraction of sp³-hybridized carbons (Fsp3) is 0.278. The summed E-state index contributed by atoms with van der Waals surface area (Å²) in [6.07, 6.45) is 4.27. The van der Waals surface area contributed by atoms with E-state index in [1.54, 1.807) is 18.3 Å². The predicted molar refractivity (Wildman–Crippen MR) is 104 cm³/mol. The Morgan fingerprint density at radius 3 is 2.41 bits per heavy atom. The molecule has 1 aromatic carbocycles. The van der Waals surface area contributed by atoms with Crippen LogP contribution in [0.3, 0.4) is 0 Å². The number of H-pyrrole nitrogens is 1. The summed E-state index contributed by atoms with van der Waals surface area (Å²) in [6.45, 7) is 5.70. The first-order valence-electron chi connectivity index (χ1n) is 8.27. The van der Waals surface area contributed by atoms with E-state index in [9.17, 15) is 13.2 Å². The van der Waals surface area contributed by atoms with E-state index in [0.717, 1.165) is 6.26 Å². The largest absolute Gasteiger partial charge is 0.347 e. The van der Waals surface area contributed by atoms with Crippen molar-refractivity contribution < 1.29 is 13.2 Å². The van der Waals surface area contributed by atoms with E-state index in [-0.39, 0.29) is 16.3 Å². The molecule has 0 spiro atoms. The van der Waals surface area contributed by atoms with Crippen molar-refractivity contribution in [3.63, 3.8) is 0 Å². The van der Waals surface area contributed by atoms with Crippen LogP contribution in [0, 0.1) is 0 Å². The van der Waals surface area contributed by atoms with Crippen LogP contribution in [0.5, 0.6) is 0 Å². The molecule has 2 aromatic heterocycles. The molecule has 3 N–H and O–H groups in total. The number of benzene rings is 1. The Labute approximate surface area is 157 Å². The molecule has 0 saturated carbocycles. The van der Waals surface area contributed by atoms with Gasteiger partial charge in [-0.25, -0.2) is 18.4 Å². The molecule has 0 saturated heterocycles. The lowest BCUT2D eigenvalue weighted by molar-refractivity contribution is 0.0921. The minimum Gasteiger partial charge on any atom is -0.347 e. The maximum atomic E-state index is 12.5. The van der Waals surface area contributed by atoms with Crippen LogP contribution in [0.4, 0.5) is 11.5 Å². The molecule has 1 amide bonds. The van der Waals surface area contributed by atoms with Crippen LogP contribution >= 0.6 is 0 Å². The van der Waals surface area contributed by atoms with Crippen LogP contribution < -0.4 is 10.6 Å². The normalized spacial score (nSPS) is 12.1. The van der Waals surface area contributed by atoms with Crippen molar-refractivity contribution in [2.75, 3.05) is 11.6 Å². The molecule has 142 valence electrons. The molecule has 3 rings (SSSR count). The lowest BCUT2D eigenvalue weighted by Gasteiger charge is -2.20. The summed E-state index contributed by atoms with van der Waals surface area (Å²) in [5, 5.41) is 5.96. The Balaban J connectivity index is 1.88. The van der Waals surface area contributed by atoms with Crippen LogP contribution in [-0.2, 0) is 9.84 Å². The quantitative estimate of drug-likeness (QED) is 0.634. The summed E-state index contributed by atoms with van der Waals surface area (Å²) in [4.78, 5) is 24.4. The minimum atomic E-state index is -3.25. The van der Waals surface area contributed by atoms with Gasteiger partial charge in [0, 0.05) is 23.7 Å². The van der Waals surface area contributed by atoms with E-state index < -0.39 is 9.84 Å². The summed E-state index contributed by atoms with van der Waals surface area (Å²) in [5.41, 5.74) is 1.66. The molecule has 0 bridgehead atoms. The van der Waals surface area contributed by atoms with E-state index in [1.165, 1.54) is 18.3 Å². The van der Waals surface area contributed by atoms with Crippen molar-refractivity contribution in [3.8, 4) is 0 Å². The molecular weight excluding hydrogens is 366 g/mol. The van der Waals surface area contributed by atoms with E-state index in [0.29, 0.717) is 28.2 Å².